The van der Waals surface area contributed by atoms with Crippen LogP contribution in [-0.4, -0.2) is 0 Å². The first-order valence-corrected chi connectivity index (χ1v) is 8.61. The highest BCUT2D eigenvalue weighted by molar-refractivity contribution is 5.47. The van der Waals surface area contributed by atoms with Crippen molar-refractivity contribution >= 4 is 0 Å². The first-order chi connectivity index (χ1) is 10.4. The Labute approximate surface area is 136 Å². The maximum atomic E-state index is 2.37. The molecule has 0 aliphatic heterocycles. The summed E-state index contributed by atoms with van der Waals surface area (Å²) in [6.07, 6.45) is 1.03. The van der Waals surface area contributed by atoms with Crippen molar-refractivity contribution in [2.24, 2.45) is 0 Å². The molecule has 0 unspecified atom stereocenters. The van der Waals surface area contributed by atoms with Gasteiger partial charge in [0, 0.05) is 0 Å². The molecule has 2 aromatic rings. The maximum absolute atomic E-state index is 2.37. The lowest BCUT2D eigenvalue weighted by Crippen LogP contribution is -2.09. The van der Waals surface area contributed by atoms with Crippen LogP contribution in [0.4, 0.5) is 0 Å². The Bertz CT molecular complexity index is 603. The van der Waals surface area contributed by atoms with Crippen LogP contribution in [0.3, 0.4) is 0 Å². The molecular formula is C22H30. The van der Waals surface area contributed by atoms with Crippen molar-refractivity contribution in [3.8, 4) is 0 Å². The molecule has 2 rings (SSSR count). The van der Waals surface area contributed by atoms with Gasteiger partial charge in [0.25, 0.3) is 0 Å². The van der Waals surface area contributed by atoms with E-state index in [4.69, 9.17) is 0 Å². The summed E-state index contributed by atoms with van der Waals surface area (Å²) in [7, 11) is 0. The molecule has 22 heavy (non-hydrogen) atoms. The van der Waals surface area contributed by atoms with Gasteiger partial charge in [-0.1, -0.05) is 84.0 Å². The van der Waals surface area contributed by atoms with Crippen LogP contribution in [0.25, 0.3) is 0 Å². The quantitative estimate of drug-likeness (QED) is 0.579. The molecule has 0 atom stereocenters. The van der Waals surface area contributed by atoms with Crippen LogP contribution < -0.4 is 0 Å². The molecule has 0 amide bonds. The molecule has 0 nitrogen and oxygen atoms in total. The van der Waals surface area contributed by atoms with Gasteiger partial charge < -0.3 is 0 Å². The van der Waals surface area contributed by atoms with Gasteiger partial charge >= 0.3 is 0 Å². The predicted octanol–water partition coefficient (Wildman–Crippen LogP) is 6.65. The standard InChI is InChI=1S/C22H30/c1-15(2)20-13-12-19(14-18-10-8-7-9-11-18)21(16(3)4)22(20)17(5)6/h7-13,15-17H,14H2,1-6H3. The maximum Gasteiger partial charge on any atom is -0.00228 e. The molecule has 0 spiro atoms. The largest absolute Gasteiger partial charge is 0.0622 e. The minimum Gasteiger partial charge on any atom is -0.0622 e. The van der Waals surface area contributed by atoms with E-state index < -0.39 is 0 Å². The minimum atomic E-state index is 0.565. The van der Waals surface area contributed by atoms with Gasteiger partial charge in [-0.05, 0) is 52.0 Å². The van der Waals surface area contributed by atoms with E-state index in [1.807, 2.05) is 0 Å². The van der Waals surface area contributed by atoms with Crippen LogP contribution in [-0.2, 0) is 6.42 Å². The van der Waals surface area contributed by atoms with E-state index in [0.29, 0.717) is 17.8 Å². The Morgan fingerprint density at radius 3 is 1.73 bits per heavy atom. The highest BCUT2D eigenvalue weighted by Gasteiger charge is 2.19. The molecular weight excluding hydrogens is 264 g/mol. The van der Waals surface area contributed by atoms with Gasteiger partial charge in [-0.2, -0.15) is 0 Å². The monoisotopic (exact) mass is 294 g/mol. The number of hydrogen-bond donors (Lipinski definition) is 0. The van der Waals surface area contributed by atoms with E-state index in [0.717, 1.165) is 6.42 Å². The van der Waals surface area contributed by atoms with Crippen LogP contribution in [0, 0.1) is 0 Å². The number of rotatable bonds is 5. The van der Waals surface area contributed by atoms with E-state index in [1.165, 1.54) is 16.7 Å². The van der Waals surface area contributed by atoms with Crippen LogP contribution in [0.2, 0.25) is 0 Å². The van der Waals surface area contributed by atoms with Crippen LogP contribution >= 0.6 is 0 Å². The molecule has 0 heterocycles. The average Bonchev–Trinajstić information content (AvgIpc) is 2.47. The summed E-state index contributed by atoms with van der Waals surface area (Å²) in [5.74, 6) is 1.72. The van der Waals surface area contributed by atoms with Crippen LogP contribution in [0.5, 0.6) is 0 Å². The van der Waals surface area contributed by atoms with Gasteiger partial charge in [-0.3, -0.25) is 0 Å². The summed E-state index contributed by atoms with van der Waals surface area (Å²) in [6, 6.07) is 15.6. The van der Waals surface area contributed by atoms with Crippen molar-refractivity contribution in [3.63, 3.8) is 0 Å². The first kappa shape index (κ1) is 16.8. The minimum absolute atomic E-state index is 0.565. The fourth-order valence-corrected chi connectivity index (χ4v) is 3.50. The third-order valence-electron chi connectivity index (χ3n) is 4.43. The fraction of sp³-hybridized carbons (Fsp3) is 0.455. The predicted molar refractivity (Wildman–Crippen MR) is 98.0 cm³/mol. The molecule has 0 saturated heterocycles. The lowest BCUT2D eigenvalue weighted by atomic mass is 9.79. The van der Waals surface area contributed by atoms with Crippen LogP contribution in [0.15, 0.2) is 42.5 Å². The molecule has 0 radical (unpaired) electrons. The van der Waals surface area contributed by atoms with Crippen LogP contribution in [0.1, 0.15) is 87.1 Å². The third-order valence-corrected chi connectivity index (χ3v) is 4.43. The van der Waals surface area contributed by atoms with Crippen molar-refractivity contribution < 1.29 is 0 Å². The average molecular weight is 294 g/mol. The molecule has 0 aliphatic rings. The second kappa shape index (κ2) is 7.13. The zero-order valence-electron chi connectivity index (χ0n) is 15.0. The lowest BCUT2D eigenvalue weighted by Gasteiger charge is -2.25. The molecule has 0 aromatic heterocycles. The Hall–Kier alpha value is -1.56. The number of benzene rings is 2. The topological polar surface area (TPSA) is 0 Å². The second-order valence-electron chi connectivity index (χ2n) is 7.27. The normalized spacial score (nSPS) is 11.7. The van der Waals surface area contributed by atoms with Crippen molar-refractivity contribution in [3.05, 3.63) is 70.3 Å². The van der Waals surface area contributed by atoms with E-state index in [9.17, 15) is 0 Å². The summed E-state index contributed by atoms with van der Waals surface area (Å²) in [5.41, 5.74) is 7.57. The summed E-state index contributed by atoms with van der Waals surface area (Å²) < 4.78 is 0. The van der Waals surface area contributed by atoms with E-state index >= 15 is 0 Å². The Kier molecular flexibility index (Phi) is 5.45. The van der Waals surface area contributed by atoms with E-state index in [-0.39, 0.29) is 0 Å². The van der Waals surface area contributed by atoms with Gasteiger partial charge in [-0.15, -0.1) is 0 Å². The van der Waals surface area contributed by atoms with Crippen molar-refractivity contribution in [2.45, 2.75) is 65.7 Å². The summed E-state index contributed by atoms with van der Waals surface area (Å²) >= 11 is 0. The summed E-state index contributed by atoms with van der Waals surface area (Å²) in [6.45, 7) is 13.9. The van der Waals surface area contributed by atoms with Crippen molar-refractivity contribution in [1.82, 2.24) is 0 Å². The second-order valence-corrected chi connectivity index (χ2v) is 7.27. The van der Waals surface area contributed by atoms with E-state index in [1.54, 1.807) is 11.1 Å². The highest BCUT2D eigenvalue weighted by atomic mass is 14.2. The van der Waals surface area contributed by atoms with Gasteiger partial charge in [0.05, 0.1) is 0 Å². The first-order valence-electron chi connectivity index (χ1n) is 8.61. The summed E-state index contributed by atoms with van der Waals surface area (Å²) in [4.78, 5) is 0. The molecule has 0 fully saturated rings. The van der Waals surface area contributed by atoms with Gasteiger partial charge in [-0.25, -0.2) is 0 Å². The number of hydrogen-bond acceptors (Lipinski definition) is 0. The molecule has 0 heteroatoms. The summed E-state index contributed by atoms with van der Waals surface area (Å²) in [5, 5.41) is 0. The SMILES string of the molecule is CC(C)c1ccc(Cc2ccccc2)c(C(C)C)c1C(C)C. The lowest BCUT2D eigenvalue weighted by molar-refractivity contribution is 0.740. The third kappa shape index (κ3) is 3.61. The molecule has 0 bridgehead atoms. The van der Waals surface area contributed by atoms with E-state index in [2.05, 4.69) is 84.0 Å². The van der Waals surface area contributed by atoms with Gasteiger partial charge in [0.15, 0.2) is 0 Å². The zero-order valence-corrected chi connectivity index (χ0v) is 15.0. The molecule has 0 saturated carbocycles. The van der Waals surface area contributed by atoms with Crippen molar-refractivity contribution in [2.75, 3.05) is 0 Å². The highest BCUT2D eigenvalue weighted by Crippen LogP contribution is 2.36. The molecule has 0 aliphatic carbocycles. The zero-order chi connectivity index (χ0) is 16.3. The van der Waals surface area contributed by atoms with Gasteiger partial charge in [0.1, 0.15) is 0 Å². The van der Waals surface area contributed by atoms with Crippen molar-refractivity contribution in [1.29, 1.82) is 0 Å². The molecule has 2 aromatic carbocycles. The molecule has 118 valence electrons. The fourth-order valence-electron chi connectivity index (χ4n) is 3.50. The smallest absolute Gasteiger partial charge is 0.00228 e. The Morgan fingerprint density at radius 2 is 1.23 bits per heavy atom. The Morgan fingerprint density at radius 1 is 0.636 bits per heavy atom. The van der Waals surface area contributed by atoms with Gasteiger partial charge in [0.2, 0.25) is 0 Å². The molecule has 0 N–H and O–H groups in total. The Balaban J connectivity index is 2.57.